The van der Waals surface area contributed by atoms with E-state index in [0.29, 0.717) is 38.1 Å². The molecular formula is C31H24Cl2FN7O2. The molecule has 12 heteroatoms. The molecule has 0 bridgehead atoms. The predicted octanol–water partition coefficient (Wildman–Crippen LogP) is 6.12. The lowest BCUT2D eigenvalue weighted by Gasteiger charge is -2.29. The summed E-state index contributed by atoms with van der Waals surface area (Å²) in [6, 6.07) is 20.2. The van der Waals surface area contributed by atoms with Crippen molar-refractivity contribution in [2.75, 3.05) is 6.54 Å². The van der Waals surface area contributed by atoms with E-state index in [1.165, 1.54) is 18.5 Å². The average molecular weight is 616 g/mol. The summed E-state index contributed by atoms with van der Waals surface area (Å²) in [6.07, 6.45) is 3.08. The number of hydrogen-bond acceptors (Lipinski definition) is 5. The molecule has 3 heterocycles. The first kappa shape index (κ1) is 28.3. The third-order valence-electron chi connectivity index (χ3n) is 7.11. The zero-order chi connectivity index (χ0) is 30.1. The van der Waals surface area contributed by atoms with E-state index < -0.39 is 11.8 Å². The molecule has 1 aliphatic heterocycles. The fourth-order valence-electron chi connectivity index (χ4n) is 5.03. The molecule has 0 radical (unpaired) electrons. The van der Waals surface area contributed by atoms with Crippen LogP contribution in [0.1, 0.15) is 56.5 Å². The number of aromatic amines is 1. The Morgan fingerprint density at radius 2 is 1.81 bits per heavy atom. The minimum atomic E-state index is -0.425. The van der Waals surface area contributed by atoms with Gasteiger partial charge in [-0.25, -0.2) is 14.1 Å². The molecule has 9 nitrogen and oxygen atoms in total. The van der Waals surface area contributed by atoms with Crippen LogP contribution in [0.15, 0.2) is 79.1 Å². The first-order valence-corrected chi connectivity index (χ1v) is 14.1. The summed E-state index contributed by atoms with van der Waals surface area (Å²) in [6.45, 7) is 2.08. The van der Waals surface area contributed by atoms with E-state index in [4.69, 9.17) is 28.3 Å². The molecule has 3 aromatic carbocycles. The van der Waals surface area contributed by atoms with Crippen LogP contribution >= 0.6 is 23.2 Å². The smallest absolute Gasteiger partial charge is 0.291 e. The van der Waals surface area contributed by atoms with E-state index in [2.05, 4.69) is 20.5 Å². The van der Waals surface area contributed by atoms with E-state index in [0.717, 1.165) is 5.56 Å². The normalized spacial score (nSPS) is 14.4. The number of nitrogens with one attached hydrogen (secondary N) is 2. The molecule has 2 aromatic heterocycles. The Morgan fingerprint density at radius 3 is 2.51 bits per heavy atom. The van der Waals surface area contributed by atoms with E-state index in [9.17, 15) is 14.0 Å². The SMILES string of the molecule is C[C@@H](NC(=O)c1nn(-c2ccc(Cl)cc2Cl)c2c1CN(C(=O)c1ncn[nH]1)C/C2=C\c1ccc(F)cc1)c1ccccc1. The second-order valence-electron chi connectivity index (χ2n) is 10.0. The number of amides is 2. The third kappa shape index (κ3) is 5.79. The third-order valence-corrected chi connectivity index (χ3v) is 7.65. The topological polar surface area (TPSA) is 109 Å². The van der Waals surface area contributed by atoms with Crippen LogP contribution in [0.5, 0.6) is 0 Å². The van der Waals surface area contributed by atoms with Gasteiger partial charge in [0.25, 0.3) is 11.8 Å². The van der Waals surface area contributed by atoms with Crippen molar-refractivity contribution in [1.82, 2.24) is 35.2 Å². The zero-order valence-electron chi connectivity index (χ0n) is 22.8. The van der Waals surface area contributed by atoms with Gasteiger partial charge in [0.05, 0.1) is 29.0 Å². The first-order chi connectivity index (χ1) is 20.8. The molecule has 216 valence electrons. The number of hydrogen-bond donors (Lipinski definition) is 2. The quantitative estimate of drug-likeness (QED) is 0.239. The maximum absolute atomic E-state index is 13.9. The van der Waals surface area contributed by atoms with Gasteiger partial charge in [0.1, 0.15) is 12.1 Å². The summed E-state index contributed by atoms with van der Waals surface area (Å²) in [5.41, 5.74) is 3.98. The van der Waals surface area contributed by atoms with Crippen LogP contribution in [0.4, 0.5) is 4.39 Å². The van der Waals surface area contributed by atoms with Crippen LogP contribution in [0.2, 0.25) is 10.0 Å². The molecule has 1 aliphatic rings. The van der Waals surface area contributed by atoms with Crippen molar-refractivity contribution in [3.8, 4) is 5.69 Å². The number of carbonyl (C=O) groups excluding carboxylic acids is 2. The minimum Gasteiger partial charge on any atom is -0.344 e. The monoisotopic (exact) mass is 615 g/mol. The Hall–Kier alpha value is -4.80. The number of halogens is 3. The highest BCUT2D eigenvalue weighted by molar-refractivity contribution is 6.35. The number of fused-ring (bicyclic) bond motifs is 1. The molecule has 0 spiro atoms. The van der Waals surface area contributed by atoms with Crippen LogP contribution in [0.25, 0.3) is 17.3 Å². The maximum atomic E-state index is 13.9. The van der Waals surface area contributed by atoms with Crippen LogP contribution in [-0.4, -0.2) is 48.2 Å². The van der Waals surface area contributed by atoms with E-state index in [-0.39, 0.29) is 36.5 Å². The van der Waals surface area contributed by atoms with Crippen molar-refractivity contribution in [3.05, 3.63) is 129 Å². The summed E-state index contributed by atoms with van der Waals surface area (Å²) in [5.74, 6) is -1.15. The summed E-state index contributed by atoms with van der Waals surface area (Å²) in [7, 11) is 0. The lowest BCUT2D eigenvalue weighted by molar-refractivity contribution is 0.0746. The predicted molar refractivity (Wildman–Crippen MR) is 161 cm³/mol. The fourth-order valence-corrected chi connectivity index (χ4v) is 5.52. The highest BCUT2D eigenvalue weighted by atomic mass is 35.5. The first-order valence-electron chi connectivity index (χ1n) is 13.3. The lowest BCUT2D eigenvalue weighted by Crippen LogP contribution is -2.37. The molecule has 5 aromatic rings. The molecule has 0 unspecified atom stereocenters. The van der Waals surface area contributed by atoms with Crippen molar-refractivity contribution in [1.29, 1.82) is 0 Å². The van der Waals surface area contributed by atoms with Crippen molar-refractivity contribution >= 4 is 46.7 Å². The lowest BCUT2D eigenvalue weighted by atomic mass is 9.97. The molecule has 0 aliphatic carbocycles. The number of aromatic nitrogens is 5. The Labute approximate surface area is 256 Å². The fraction of sp³-hybridized carbons (Fsp3) is 0.129. The van der Waals surface area contributed by atoms with Gasteiger partial charge < -0.3 is 10.2 Å². The molecule has 2 N–H and O–H groups in total. The van der Waals surface area contributed by atoms with Crippen LogP contribution in [-0.2, 0) is 6.54 Å². The van der Waals surface area contributed by atoms with Crippen LogP contribution < -0.4 is 5.32 Å². The Bertz CT molecular complexity index is 1840. The minimum absolute atomic E-state index is 0.0569. The second-order valence-corrected chi connectivity index (χ2v) is 10.8. The number of rotatable bonds is 6. The summed E-state index contributed by atoms with van der Waals surface area (Å²) in [5, 5.41) is 15.0. The van der Waals surface area contributed by atoms with Crippen molar-refractivity contribution in [2.24, 2.45) is 0 Å². The average Bonchev–Trinajstić information content (AvgIpc) is 3.68. The van der Waals surface area contributed by atoms with E-state index in [1.807, 2.05) is 43.3 Å². The van der Waals surface area contributed by atoms with Crippen molar-refractivity contribution < 1.29 is 14.0 Å². The number of carbonyl (C=O) groups is 2. The van der Waals surface area contributed by atoms with Crippen LogP contribution in [0, 0.1) is 5.82 Å². The van der Waals surface area contributed by atoms with Crippen molar-refractivity contribution in [2.45, 2.75) is 19.5 Å². The van der Waals surface area contributed by atoms with Gasteiger partial charge in [-0.3, -0.25) is 14.7 Å². The van der Waals surface area contributed by atoms with Gasteiger partial charge in [0, 0.05) is 17.1 Å². The Kier molecular flexibility index (Phi) is 7.79. The molecule has 0 saturated heterocycles. The summed E-state index contributed by atoms with van der Waals surface area (Å²) >= 11 is 12.8. The van der Waals surface area contributed by atoms with Crippen molar-refractivity contribution in [3.63, 3.8) is 0 Å². The highest BCUT2D eigenvalue weighted by Crippen LogP contribution is 2.36. The molecule has 6 rings (SSSR count). The highest BCUT2D eigenvalue weighted by Gasteiger charge is 2.35. The zero-order valence-corrected chi connectivity index (χ0v) is 24.3. The molecule has 2 amide bonds. The van der Waals surface area contributed by atoms with Gasteiger partial charge in [-0.05, 0) is 60.0 Å². The van der Waals surface area contributed by atoms with E-state index >= 15 is 0 Å². The largest absolute Gasteiger partial charge is 0.344 e. The number of nitrogens with zero attached hydrogens (tertiary/aromatic N) is 5. The summed E-state index contributed by atoms with van der Waals surface area (Å²) < 4.78 is 15.3. The number of benzene rings is 3. The van der Waals surface area contributed by atoms with Gasteiger partial charge in [0.15, 0.2) is 5.69 Å². The molecule has 0 fully saturated rings. The van der Waals surface area contributed by atoms with Gasteiger partial charge in [-0.1, -0.05) is 65.7 Å². The number of H-pyrrole nitrogens is 1. The van der Waals surface area contributed by atoms with E-state index in [1.54, 1.807) is 39.9 Å². The summed E-state index contributed by atoms with van der Waals surface area (Å²) in [4.78, 5) is 32.9. The van der Waals surface area contributed by atoms with Gasteiger partial charge in [-0.15, -0.1) is 0 Å². The maximum Gasteiger partial charge on any atom is 0.291 e. The Balaban J connectivity index is 1.52. The second kappa shape index (κ2) is 11.8. The molecule has 1 atom stereocenters. The molecule has 0 saturated carbocycles. The molecular weight excluding hydrogens is 592 g/mol. The standard InChI is InChI=1S/C31H24Cl2FN7O2/c1-18(20-5-3-2-4-6-20)37-30(42)27-24-16-40(31(43)29-35-17-36-38-29)15-21(13-19-7-10-23(34)11-8-19)28(24)41(39-27)26-12-9-22(32)14-25(26)33/h2-14,17-18H,15-16H2,1H3,(H,37,42)(H,35,36,38)/b21-13+/t18-/m1/s1. The van der Waals surface area contributed by atoms with Gasteiger partial charge in [-0.2, -0.15) is 10.2 Å². The van der Waals surface area contributed by atoms with Crippen LogP contribution in [0.3, 0.4) is 0 Å². The van der Waals surface area contributed by atoms with Gasteiger partial charge >= 0.3 is 0 Å². The Morgan fingerprint density at radius 1 is 1.05 bits per heavy atom. The van der Waals surface area contributed by atoms with Gasteiger partial charge in [0.2, 0.25) is 5.82 Å². The molecule has 43 heavy (non-hydrogen) atoms.